The molecule has 0 N–H and O–H groups in total. The predicted molar refractivity (Wildman–Crippen MR) is 94.1 cm³/mol. The molecule has 0 bridgehead atoms. The summed E-state index contributed by atoms with van der Waals surface area (Å²) in [6.45, 7) is 4.27. The van der Waals surface area contributed by atoms with E-state index in [1.54, 1.807) is 0 Å². The molecule has 0 fully saturated rings. The molecule has 0 unspecified atom stereocenters. The van der Waals surface area contributed by atoms with E-state index in [2.05, 4.69) is 62.4 Å². The van der Waals surface area contributed by atoms with Gasteiger partial charge in [-0.15, -0.1) is 0 Å². The van der Waals surface area contributed by atoms with Crippen LogP contribution in [0.1, 0.15) is 11.1 Å². The van der Waals surface area contributed by atoms with Crippen molar-refractivity contribution >= 4 is 10.1 Å². The van der Waals surface area contributed by atoms with Gasteiger partial charge in [-0.1, -0.05) is 35.4 Å². The molecule has 0 amide bonds. The van der Waals surface area contributed by atoms with Crippen molar-refractivity contribution in [1.29, 1.82) is 0 Å². The molecule has 3 rings (SSSR count). The van der Waals surface area contributed by atoms with E-state index in [0.717, 1.165) is 0 Å². The normalized spacial score (nSPS) is 10.9. The molecular formula is C20H17F2IO3S. The van der Waals surface area contributed by atoms with Gasteiger partial charge in [0.1, 0.15) is 21.8 Å². The summed E-state index contributed by atoms with van der Waals surface area (Å²) in [6.07, 6.45) is 0. The Labute approximate surface area is 168 Å². The van der Waals surface area contributed by atoms with Crippen molar-refractivity contribution in [3.05, 3.63) is 96.6 Å². The number of rotatable bonds is 3. The maximum Gasteiger partial charge on any atom is 0.357 e. The number of hydrogen-bond donors (Lipinski definition) is 0. The van der Waals surface area contributed by atoms with Gasteiger partial charge < -0.3 is 4.55 Å². The predicted octanol–water partition coefficient (Wildman–Crippen LogP) is 1.30. The molecule has 0 radical (unpaired) electrons. The lowest BCUT2D eigenvalue weighted by molar-refractivity contribution is -0.597. The van der Waals surface area contributed by atoms with E-state index in [0.29, 0.717) is 18.2 Å². The van der Waals surface area contributed by atoms with Crippen LogP contribution in [0.2, 0.25) is 0 Å². The fourth-order valence-electron chi connectivity index (χ4n) is 2.00. The van der Waals surface area contributed by atoms with Crippen LogP contribution >= 0.6 is 0 Å². The second kappa shape index (κ2) is 9.38. The quantitative estimate of drug-likeness (QED) is 0.401. The molecule has 0 aliphatic heterocycles. The smallest absolute Gasteiger partial charge is 0.357 e. The highest BCUT2D eigenvalue weighted by molar-refractivity contribution is 7.85. The minimum Gasteiger partial charge on any atom is -0.744 e. The van der Waals surface area contributed by atoms with Crippen LogP contribution in [0.5, 0.6) is 0 Å². The lowest BCUT2D eigenvalue weighted by Gasteiger charge is -2.06. The maximum atomic E-state index is 12.5. The van der Waals surface area contributed by atoms with E-state index < -0.39 is 26.6 Å². The van der Waals surface area contributed by atoms with Gasteiger partial charge in [0.2, 0.25) is 0 Å². The first-order chi connectivity index (χ1) is 12.6. The third-order valence-corrected chi connectivity index (χ3v) is 6.96. The van der Waals surface area contributed by atoms with Gasteiger partial charge in [-0.25, -0.2) is 17.2 Å². The molecule has 0 atom stereocenters. The highest BCUT2D eigenvalue weighted by Gasteiger charge is 2.14. The number of benzene rings is 3. The van der Waals surface area contributed by atoms with Crippen molar-refractivity contribution in [3.63, 3.8) is 0 Å². The average Bonchev–Trinajstić information content (AvgIpc) is 2.58. The van der Waals surface area contributed by atoms with Gasteiger partial charge in [-0.3, -0.25) is 0 Å². The molecule has 3 nitrogen and oxygen atoms in total. The summed E-state index contributed by atoms with van der Waals surface area (Å²) in [7, 11) is -4.84. The summed E-state index contributed by atoms with van der Waals surface area (Å²) < 4.78 is 58.4. The van der Waals surface area contributed by atoms with Crippen LogP contribution in [-0.2, 0) is 10.1 Å². The minimum atomic E-state index is -4.84. The number of hydrogen-bond acceptors (Lipinski definition) is 3. The van der Waals surface area contributed by atoms with E-state index in [1.807, 2.05) is 0 Å². The molecule has 142 valence electrons. The van der Waals surface area contributed by atoms with Crippen molar-refractivity contribution in [2.45, 2.75) is 18.7 Å². The molecular weight excluding hydrogens is 485 g/mol. The van der Waals surface area contributed by atoms with Gasteiger partial charge in [-0.05, 0) is 50.2 Å². The Morgan fingerprint density at radius 1 is 0.778 bits per heavy atom. The zero-order valence-electron chi connectivity index (χ0n) is 14.6. The van der Waals surface area contributed by atoms with Crippen LogP contribution < -0.4 is 21.2 Å². The fourth-order valence-corrected chi connectivity index (χ4v) is 4.69. The van der Waals surface area contributed by atoms with Crippen LogP contribution in [0.25, 0.3) is 0 Å². The minimum absolute atomic E-state index is 0.00313. The Balaban J connectivity index is 0.000000199. The van der Waals surface area contributed by atoms with Gasteiger partial charge in [0, 0.05) is 6.07 Å². The fraction of sp³-hybridized carbons (Fsp3) is 0.100. The van der Waals surface area contributed by atoms with E-state index >= 15 is 0 Å². The molecule has 0 saturated heterocycles. The lowest BCUT2D eigenvalue weighted by Crippen LogP contribution is -3.61. The van der Waals surface area contributed by atoms with E-state index in [1.165, 1.54) is 18.3 Å². The molecule has 0 aromatic heterocycles. The van der Waals surface area contributed by atoms with E-state index in [4.69, 9.17) is 0 Å². The summed E-state index contributed by atoms with van der Waals surface area (Å²) in [5, 5.41) is 0. The number of halogens is 3. The lowest BCUT2D eigenvalue weighted by atomic mass is 10.2. The third kappa shape index (κ3) is 7.00. The summed E-state index contributed by atoms with van der Waals surface area (Å²) in [5.74, 6) is -2.30. The largest absolute Gasteiger partial charge is 0.744 e. The van der Waals surface area contributed by atoms with Crippen molar-refractivity contribution in [3.8, 4) is 0 Å². The van der Waals surface area contributed by atoms with E-state index in [9.17, 15) is 21.8 Å². The maximum absolute atomic E-state index is 12.5. The molecule has 0 saturated carbocycles. The van der Waals surface area contributed by atoms with Crippen LogP contribution in [0.3, 0.4) is 0 Å². The van der Waals surface area contributed by atoms with Crippen LogP contribution in [0, 0.1) is 32.6 Å². The Bertz CT molecular complexity index is 959. The number of aryl methyl sites for hydroxylation is 2. The summed E-state index contributed by atoms with van der Waals surface area (Å²) in [4.78, 5) is -1.04. The second-order valence-corrected chi connectivity index (χ2v) is 10.1. The zero-order chi connectivity index (χ0) is 20.0. The standard InChI is InChI=1S/C14H14I.C6H4F2O3S/c1-11-3-7-13(8-4-11)15-14-9-5-12(2)6-10-14;7-4-1-2-6(5(8)3-4)12(9,10)11/h3-10H,1-2H3;1-3H,(H,9,10,11)/q+1;/p-1. The molecule has 27 heavy (non-hydrogen) atoms. The van der Waals surface area contributed by atoms with Crippen molar-refractivity contribution in [1.82, 2.24) is 0 Å². The Morgan fingerprint density at radius 3 is 1.59 bits per heavy atom. The SMILES string of the molecule is Cc1ccc([I+]c2ccc(C)cc2)cc1.O=S(=O)([O-])c1ccc(F)cc1F. The Hall–Kier alpha value is -1.84. The molecule has 0 aliphatic rings. The van der Waals surface area contributed by atoms with Crippen molar-refractivity contribution < 1.29 is 43.0 Å². The van der Waals surface area contributed by atoms with Crippen LogP contribution in [0.15, 0.2) is 71.6 Å². The topological polar surface area (TPSA) is 57.2 Å². The van der Waals surface area contributed by atoms with Crippen LogP contribution in [0.4, 0.5) is 8.78 Å². The van der Waals surface area contributed by atoms with Gasteiger partial charge >= 0.3 is 21.2 Å². The first-order valence-electron chi connectivity index (χ1n) is 7.84. The summed E-state index contributed by atoms with van der Waals surface area (Å²) in [5.41, 5.74) is 2.68. The molecule has 3 aromatic carbocycles. The van der Waals surface area contributed by atoms with Crippen molar-refractivity contribution in [2.24, 2.45) is 0 Å². The van der Waals surface area contributed by atoms with E-state index in [-0.39, 0.29) is 21.2 Å². The van der Waals surface area contributed by atoms with Gasteiger partial charge in [0.15, 0.2) is 7.14 Å². The first kappa shape index (κ1) is 21.5. The third-order valence-electron chi connectivity index (χ3n) is 3.40. The molecule has 0 aliphatic carbocycles. The Morgan fingerprint density at radius 2 is 1.22 bits per heavy atom. The molecule has 3 aromatic rings. The molecule has 0 heterocycles. The van der Waals surface area contributed by atoms with Gasteiger partial charge in [0.05, 0.1) is 4.90 Å². The average molecular weight is 502 g/mol. The zero-order valence-corrected chi connectivity index (χ0v) is 17.6. The van der Waals surface area contributed by atoms with Crippen LogP contribution in [-0.4, -0.2) is 13.0 Å². The summed E-state index contributed by atoms with van der Waals surface area (Å²) in [6, 6.07) is 19.4. The molecule has 0 spiro atoms. The molecule has 7 heteroatoms. The highest BCUT2D eigenvalue weighted by Crippen LogP contribution is 2.14. The van der Waals surface area contributed by atoms with Gasteiger partial charge in [0.25, 0.3) is 0 Å². The van der Waals surface area contributed by atoms with Crippen molar-refractivity contribution in [2.75, 3.05) is 0 Å². The Kier molecular flexibility index (Phi) is 7.46. The monoisotopic (exact) mass is 502 g/mol. The summed E-state index contributed by atoms with van der Waals surface area (Å²) >= 11 is 0.00313. The second-order valence-electron chi connectivity index (χ2n) is 5.71. The van der Waals surface area contributed by atoms with Gasteiger partial charge in [-0.2, -0.15) is 0 Å². The first-order valence-corrected chi connectivity index (χ1v) is 11.4. The highest BCUT2D eigenvalue weighted by atomic mass is 127.